The monoisotopic (exact) mass is 302 g/mol. The summed E-state index contributed by atoms with van der Waals surface area (Å²) in [7, 11) is 0. The van der Waals surface area contributed by atoms with Gasteiger partial charge in [0.2, 0.25) is 0 Å². The Bertz CT molecular complexity index is 641. The smallest absolute Gasteiger partial charge is 0.414 e. The molecule has 0 saturated heterocycles. The van der Waals surface area contributed by atoms with Crippen LogP contribution in [-0.4, -0.2) is 29.7 Å². The summed E-state index contributed by atoms with van der Waals surface area (Å²) < 4.78 is 4.55. The minimum absolute atomic E-state index is 0.107. The van der Waals surface area contributed by atoms with E-state index in [1.807, 2.05) is 5.32 Å². The third-order valence-electron chi connectivity index (χ3n) is 2.50. The first-order chi connectivity index (χ1) is 10.5. The number of carbonyl (C=O) groups excluding carboxylic acids is 2. The highest BCUT2D eigenvalue weighted by Crippen LogP contribution is 2.10. The lowest BCUT2D eigenvalue weighted by molar-refractivity contribution is -0.136. The molecule has 1 rings (SSSR count). The second-order valence-electron chi connectivity index (χ2n) is 4.16. The molecule has 0 aromatic heterocycles. The average molecular weight is 302 g/mol. The van der Waals surface area contributed by atoms with Gasteiger partial charge in [0.25, 0.3) is 5.91 Å². The molecule has 0 radical (unpaired) electrons. The van der Waals surface area contributed by atoms with E-state index in [2.05, 4.69) is 4.74 Å². The van der Waals surface area contributed by atoms with Crippen LogP contribution in [0.1, 0.15) is 18.1 Å². The topological polar surface area (TPSA) is 116 Å². The quantitative estimate of drug-likeness (QED) is 0.628. The Balaban J connectivity index is 2.83. The number of nitriles is 1. The second-order valence-corrected chi connectivity index (χ2v) is 4.16. The van der Waals surface area contributed by atoms with Gasteiger partial charge in [-0.15, -0.1) is 0 Å². The number of hydrogen-bond donors (Lipinski definition) is 2. The maximum Gasteiger partial charge on any atom is 0.414 e. The molecule has 1 aromatic carbocycles. The number of nitrogens with zero attached hydrogens (tertiary/aromatic N) is 1. The van der Waals surface area contributed by atoms with Crippen molar-refractivity contribution in [2.75, 3.05) is 6.61 Å². The lowest BCUT2D eigenvalue weighted by atomic mass is 10.1. The molecule has 22 heavy (non-hydrogen) atoms. The summed E-state index contributed by atoms with van der Waals surface area (Å²) in [5.74, 6) is -1.81. The van der Waals surface area contributed by atoms with Crippen LogP contribution in [0.25, 0.3) is 6.08 Å². The van der Waals surface area contributed by atoms with Crippen LogP contribution in [0, 0.1) is 11.3 Å². The van der Waals surface area contributed by atoms with Crippen molar-refractivity contribution in [1.82, 2.24) is 5.32 Å². The van der Waals surface area contributed by atoms with Crippen LogP contribution in [0.5, 0.6) is 0 Å². The Hall–Kier alpha value is -3.14. The normalized spacial score (nSPS) is 10.5. The molecule has 1 aromatic rings. The van der Waals surface area contributed by atoms with E-state index in [1.54, 1.807) is 37.3 Å². The van der Waals surface area contributed by atoms with Gasteiger partial charge in [-0.3, -0.25) is 14.9 Å². The minimum Gasteiger partial charge on any atom is -0.481 e. The molecule has 7 nitrogen and oxygen atoms in total. The number of imide groups is 1. The van der Waals surface area contributed by atoms with Crippen LogP contribution in [0.2, 0.25) is 0 Å². The predicted molar refractivity (Wildman–Crippen MR) is 76.5 cm³/mol. The molecular formula is C15H14N2O5. The fourth-order valence-electron chi connectivity index (χ4n) is 1.55. The van der Waals surface area contributed by atoms with Crippen LogP contribution in [0.3, 0.4) is 0 Å². The van der Waals surface area contributed by atoms with Crippen molar-refractivity contribution >= 4 is 24.0 Å². The Morgan fingerprint density at radius 1 is 1.32 bits per heavy atom. The van der Waals surface area contributed by atoms with Crippen molar-refractivity contribution < 1.29 is 24.2 Å². The molecule has 7 heteroatoms. The second kappa shape index (κ2) is 8.21. The van der Waals surface area contributed by atoms with Crippen molar-refractivity contribution in [3.63, 3.8) is 0 Å². The van der Waals surface area contributed by atoms with Crippen LogP contribution in [0.15, 0.2) is 29.8 Å². The van der Waals surface area contributed by atoms with Gasteiger partial charge in [0.05, 0.1) is 13.0 Å². The summed E-state index contributed by atoms with van der Waals surface area (Å²) >= 11 is 0. The van der Waals surface area contributed by atoms with Gasteiger partial charge in [0, 0.05) is 0 Å². The predicted octanol–water partition coefficient (Wildman–Crippen LogP) is 1.49. The average Bonchev–Trinajstić information content (AvgIpc) is 2.45. The summed E-state index contributed by atoms with van der Waals surface area (Å²) in [6, 6.07) is 8.01. The Labute approximate surface area is 126 Å². The summed E-state index contributed by atoms with van der Waals surface area (Å²) in [6.07, 6.45) is 0.253. The van der Waals surface area contributed by atoms with Crippen LogP contribution < -0.4 is 5.32 Å². The zero-order valence-corrected chi connectivity index (χ0v) is 11.8. The lowest BCUT2D eigenvalue weighted by Gasteiger charge is -2.03. The van der Waals surface area contributed by atoms with Crippen molar-refractivity contribution in [1.29, 1.82) is 5.26 Å². The summed E-state index contributed by atoms with van der Waals surface area (Å²) in [6.45, 7) is 1.69. The highest BCUT2D eigenvalue weighted by Gasteiger charge is 2.13. The Kier molecular flexibility index (Phi) is 6.32. The van der Waals surface area contributed by atoms with Gasteiger partial charge in [-0.1, -0.05) is 24.3 Å². The van der Waals surface area contributed by atoms with Crippen molar-refractivity contribution in [3.8, 4) is 6.07 Å². The summed E-state index contributed by atoms with van der Waals surface area (Å²) in [5, 5.41) is 19.6. The lowest BCUT2D eigenvalue weighted by Crippen LogP contribution is -2.31. The molecule has 0 aliphatic heterocycles. The molecule has 0 bridgehead atoms. The summed E-state index contributed by atoms with van der Waals surface area (Å²) in [5.41, 5.74) is 0.864. The van der Waals surface area contributed by atoms with E-state index in [1.165, 1.54) is 6.08 Å². The summed E-state index contributed by atoms with van der Waals surface area (Å²) in [4.78, 5) is 33.4. The number of ether oxygens (including phenoxy) is 1. The molecule has 0 heterocycles. The third kappa shape index (κ3) is 5.46. The number of hydrogen-bond acceptors (Lipinski definition) is 5. The van der Waals surface area contributed by atoms with Gasteiger partial charge in [-0.2, -0.15) is 5.26 Å². The van der Waals surface area contributed by atoms with E-state index in [0.717, 1.165) is 0 Å². The van der Waals surface area contributed by atoms with Crippen molar-refractivity contribution in [2.24, 2.45) is 0 Å². The van der Waals surface area contributed by atoms with E-state index in [9.17, 15) is 14.4 Å². The number of alkyl carbamates (subject to hydrolysis) is 1. The van der Waals surface area contributed by atoms with Gasteiger partial charge in [-0.05, 0) is 24.1 Å². The van der Waals surface area contributed by atoms with Gasteiger partial charge in [-0.25, -0.2) is 4.79 Å². The van der Waals surface area contributed by atoms with E-state index < -0.39 is 18.0 Å². The molecule has 114 valence electrons. The number of benzene rings is 1. The minimum atomic E-state index is -0.949. The highest BCUT2D eigenvalue weighted by molar-refractivity contribution is 6.07. The van der Waals surface area contributed by atoms with Crippen LogP contribution >= 0.6 is 0 Å². The van der Waals surface area contributed by atoms with E-state index in [-0.39, 0.29) is 18.6 Å². The molecule has 0 saturated carbocycles. The van der Waals surface area contributed by atoms with E-state index >= 15 is 0 Å². The first-order valence-corrected chi connectivity index (χ1v) is 6.37. The Morgan fingerprint density at radius 3 is 2.45 bits per heavy atom. The molecule has 0 unspecified atom stereocenters. The molecule has 0 spiro atoms. The molecular weight excluding hydrogens is 288 g/mol. The van der Waals surface area contributed by atoms with Crippen molar-refractivity contribution in [2.45, 2.75) is 13.3 Å². The van der Waals surface area contributed by atoms with E-state index in [0.29, 0.717) is 11.1 Å². The fraction of sp³-hybridized carbons (Fsp3) is 0.200. The first-order valence-electron chi connectivity index (χ1n) is 6.37. The van der Waals surface area contributed by atoms with Gasteiger partial charge < -0.3 is 9.84 Å². The number of amides is 2. The molecule has 0 fully saturated rings. The van der Waals surface area contributed by atoms with Crippen LogP contribution in [-0.2, 0) is 20.7 Å². The molecule has 0 atom stereocenters. The third-order valence-corrected chi connectivity index (χ3v) is 2.50. The molecule has 2 N–H and O–H groups in total. The standard InChI is InChI=1S/C15H14N2O5/c1-2-22-15(21)17-14(20)12(9-16)7-10-3-5-11(6-4-10)8-13(18)19/h3-7H,2,8H2,1H3,(H,18,19)(H,17,20,21)/b12-7-. The molecule has 2 amide bonds. The molecule has 0 aliphatic rings. The first kappa shape index (κ1) is 16.9. The Morgan fingerprint density at radius 2 is 1.95 bits per heavy atom. The highest BCUT2D eigenvalue weighted by atomic mass is 16.5. The number of aliphatic carboxylic acids is 1. The number of rotatable bonds is 5. The largest absolute Gasteiger partial charge is 0.481 e. The van der Waals surface area contributed by atoms with Gasteiger partial charge >= 0.3 is 12.1 Å². The number of carbonyl (C=O) groups is 3. The SMILES string of the molecule is CCOC(=O)NC(=O)/C(C#N)=C\c1ccc(CC(=O)O)cc1. The van der Waals surface area contributed by atoms with Gasteiger partial charge in [0.15, 0.2) is 0 Å². The van der Waals surface area contributed by atoms with Crippen molar-refractivity contribution in [3.05, 3.63) is 41.0 Å². The zero-order valence-electron chi connectivity index (χ0n) is 11.8. The maximum atomic E-state index is 11.7. The number of carboxylic acid groups (broad SMARTS) is 1. The van der Waals surface area contributed by atoms with Gasteiger partial charge in [0.1, 0.15) is 11.6 Å². The number of carboxylic acids is 1. The van der Waals surface area contributed by atoms with Crippen LogP contribution in [0.4, 0.5) is 4.79 Å². The maximum absolute atomic E-state index is 11.7. The van der Waals surface area contributed by atoms with E-state index in [4.69, 9.17) is 10.4 Å². The molecule has 0 aliphatic carbocycles. The zero-order chi connectivity index (χ0) is 16.5. The fourth-order valence-corrected chi connectivity index (χ4v) is 1.55. The number of nitrogens with one attached hydrogen (secondary N) is 1.